The molecule has 0 aliphatic rings. The Hall–Kier alpha value is -2.09. The van der Waals surface area contributed by atoms with Crippen LogP contribution in [-0.2, 0) is 27.1 Å². The number of primary sulfonamides is 1. The van der Waals surface area contributed by atoms with Gasteiger partial charge in [-0.2, -0.15) is 0 Å². The Morgan fingerprint density at radius 1 is 1.16 bits per heavy atom. The van der Waals surface area contributed by atoms with Crippen molar-refractivity contribution in [3.05, 3.63) is 64.2 Å². The number of rotatable bonds is 7. The fourth-order valence-electron chi connectivity index (χ4n) is 2.10. The number of carbonyl (C=O) groups excluding carboxylic acids is 1. The van der Waals surface area contributed by atoms with Crippen molar-refractivity contribution in [3.8, 4) is 5.75 Å². The van der Waals surface area contributed by atoms with Crippen LogP contribution in [-0.4, -0.2) is 20.9 Å². The quantitative estimate of drug-likeness (QED) is 0.766. The van der Waals surface area contributed by atoms with Crippen LogP contribution in [0.2, 0.25) is 5.02 Å². The van der Waals surface area contributed by atoms with Crippen molar-refractivity contribution < 1.29 is 17.9 Å². The molecule has 0 radical (unpaired) electrons. The van der Waals surface area contributed by atoms with E-state index >= 15 is 0 Å². The fraction of sp³-hybridized carbons (Fsp3) is 0.235. The van der Waals surface area contributed by atoms with Crippen LogP contribution in [0.25, 0.3) is 0 Å². The Labute approximate surface area is 152 Å². The average molecular weight is 383 g/mol. The molecule has 0 aliphatic carbocycles. The van der Waals surface area contributed by atoms with Gasteiger partial charge in [-0.05, 0) is 35.7 Å². The van der Waals surface area contributed by atoms with Gasteiger partial charge in [0.2, 0.25) is 10.0 Å². The normalized spacial score (nSPS) is 11.2. The van der Waals surface area contributed by atoms with Gasteiger partial charge in [0.15, 0.2) is 6.61 Å². The molecule has 0 aromatic heterocycles. The predicted molar refractivity (Wildman–Crippen MR) is 96.8 cm³/mol. The average Bonchev–Trinajstić information content (AvgIpc) is 2.53. The lowest BCUT2D eigenvalue weighted by Gasteiger charge is -2.10. The largest absolute Gasteiger partial charge is 0.482 e. The van der Waals surface area contributed by atoms with Crippen LogP contribution in [0.15, 0.2) is 42.5 Å². The number of nitrogens with one attached hydrogen (secondary N) is 1. The first-order valence-electron chi connectivity index (χ1n) is 7.47. The SMILES string of the molecule is Cc1ccc(Cl)c(OCC(=O)NCc2ccc(CS(N)(=O)=O)cc2)c1. The number of benzene rings is 2. The van der Waals surface area contributed by atoms with Gasteiger partial charge in [0, 0.05) is 6.54 Å². The van der Waals surface area contributed by atoms with E-state index in [0.717, 1.165) is 11.1 Å². The number of nitrogens with two attached hydrogens (primary N) is 1. The van der Waals surface area contributed by atoms with E-state index in [9.17, 15) is 13.2 Å². The number of sulfonamides is 1. The molecule has 0 saturated carbocycles. The molecule has 0 saturated heterocycles. The van der Waals surface area contributed by atoms with E-state index in [1.165, 1.54) is 0 Å². The highest BCUT2D eigenvalue weighted by molar-refractivity contribution is 7.88. The van der Waals surface area contributed by atoms with Gasteiger partial charge in [-0.1, -0.05) is 41.9 Å². The highest BCUT2D eigenvalue weighted by Crippen LogP contribution is 2.25. The van der Waals surface area contributed by atoms with Gasteiger partial charge in [-0.3, -0.25) is 4.79 Å². The van der Waals surface area contributed by atoms with E-state index in [2.05, 4.69) is 5.32 Å². The van der Waals surface area contributed by atoms with Crippen LogP contribution >= 0.6 is 11.6 Å². The lowest BCUT2D eigenvalue weighted by atomic mass is 10.1. The molecule has 0 fully saturated rings. The maximum atomic E-state index is 11.9. The Morgan fingerprint density at radius 2 is 1.80 bits per heavy atom. The second-order valence-electron chi connectivity index (χ2n) is 5.62. The summed E-state index contributed by atoms with van der Waals surface area (Å²) < 4.78 is 27.5. The van der Waals surface area contributed by atoms with Gasteiger partial charge in [0.1, 0.15) is 5.75 Å². The topological polar surface area (TPSA) is 98.5 Å². The molecule has 0 bridgehead atoms. The second-order valence-corrected chi connectivity index (χ2v) is 7.64. The zero-order valence-electron chi connectivity index (χ0n) is 13.7. The van der Waals surface area contributed by atoms with Crippen molar-refractivity contribution >= 4 is 27.5 Å². The summed E-state index contributed by atoms with van der Waals surface area (Å²) in [5, 5.41) is 8.17. The second kappa shape index (κ2) is 8.33. The van der Waals surface area contributed by atoms with Gasteiger partial charge >= 0.3 is 0 Å². The summed E-state index contributed by atoms with van der Waals surface area (Å²) in [5.41, 5.74) is 2.41. The highest BCUT2D eigenvalue weighted by Gasteiger charge is 2.07. The van der Waals surface area contributed by atoms with E-state index in [1.54, 1.807) is 36.4 Å². The Bertz CT molecular complexity index is 851. The summed E-state index contributed by atoms with van der Waals surface area (Å²) in [6.07, 6.45) is 0. The van der Waals surface area contributed by atoms with Crippen molar-refractivity contribution in [3.63, 3.8) is 0 Å². The van der Waals surface area contributed by atoms with Gasteiger partial charge in [0.05, 0.1) is 10.8 Å². The monoisotopic (exact) mass is 382 g/mol. The standard InChI is InChI=1S/C17H19ClN2O4S/c1-12-2-7-15(18)16(8-12)24-10-17(21)20-9-13-3-5-14(6-4-13)11-25(19,22)23/h2-8H,9-11H2,1H3,(H,20,21)(H2,19,22,23). The molecule has 1 amide bonds. The highest BCUT2D eigenvalue weighted by atomic mass is 35.5. The molecule has 3 N–H and O–H groups in total. The van der Waals surface area contributed by atoms with E-state index in [4.69, 9.17) is 21.5 Å². The molecular formula is C17H19ClN2O4S. The molecule has 2 aromatic carbocycles. The third kappa shape index (κ3) is 6.74. The third-order valence-electron chi connectivity index (χ3n) is 3.33. The van der Waals surface area contributed by atoms with E-state index in [0.29, 0.717) is 22.9 Å². The lowest BCUT2D eigenvalue weighted by Crippen LogP contribution is -2.28. The Balaban J connectivity index is 1.82. The molecule has 0 unspecified atom stereocenters. The molecular weight excluding hydrogens is 364 g/mol. The number of hydrogen-bond acceptors (Lipinski definition) is 4. The zero-order valence-corrected chi connectivity index (χ0v) is 15.2. The van der Waals surface area contributed by atoms with Crippen LogP contribution in [0, 0.1) is 6.92 Å². The molecule has 0 heterocycles. The molecule has 8 heteroatoms. The number of hydrogen-bond donors (Lipinski definition) is 2. The third-order valence-corrected chi connectivity index (χ3v) is 4.37. The molecule has 25 heavy (non-hydrogen) atoms. The minimum Gasteiger partial charge on any atom is -0.482 e. The number of amides is 1. The summed E-state index contributed by atoms with van der Waals surface area (Å²) in [6.45, 7) is 2.06. The van der Waals surface area contributed by atoms with Crippen LogP contribution in [0.5, 0.6) is 5.75 Å². The van der Waals surface area contributed by atoms with Crippen LogP contribution < -0.4 is 15.2 Å². The summed E-state index contributed by atoms with van der Waals surface area (Å²) >= 11 is 6.00. The van der Waals surface area contributed by atoms with Crippen LogP contribution in [0.3, 0.4) is 0 Å². The van der Waals surface area contributed by atoms with Gasteiger partial charge in [-0.25, -0.2) is 13.6 Å². The van der Waals surface area contributed by atoms with E-state index in [-0.39, 0.29) is 18.3 Å². The maximum Gasteiger partial charge on any atom is 0.258 e. The molecule has 0 atom stereocenters. The zero-order chi connectivity index (χ0) is 18.4. The van der Waals surface area contributed by atoms with E-state index < -0.39 is 10.0 Å². The number of halogens is 1. The van der Waals surface area contributed by atoms with Crippen molar-refractivity contribution in [1.29, 1.82) is 0 Å². The lowest BCUT2D eigenvalue weighted by molar-refractivity contribution is -0.123. The minimum absolute atomic E-state index is 0.146. The summed E-state index contributed by atoms with van der Waals surface area (Å²) in [5.74, 6) is -0.0413. The summed E-state index contributed by atoms with van der Waals surface area (Å²) in [7, 11) is -3.55. The van der Waals surface area contributed by atoms with Crippen molar-refractivity contribution in [2.45, 2.75) is 19.2 Å². The van der Waals surface area contributed by atoms with Gasteiger partial charge in [-0.15, -0.1) is 0 Å². The maximum absolute atomic E-state index is 11.9. The summed E-state index contributed by atoms with van der Waals surface area (Å²) in [4.78, 5) is 11.9. The van der Waals surface area contributed by atoms with Crippen molar-refractivity contribution in [2.75, 3.05) is 6.61 Å². The fourth-order valence-corrected chi connectivity index (χ4v) is 2.93. The molecule has 6 nitrogen and oxygen atoms in total. The molecule has 2 aromatic rings. The van der Waals surface area contributed by atoms with Gasteiger partial charge < -0.3 is 10.1 Å². The first-order valence-corrected chi connectivity index (χ1v) is 9.56. The number of aryl methyl sites for hydroxylation is 1. The smallest absolute Gasteiger partial charge is 0.258 e. The first-order chi connectivity index (χ1) is 11.7. The van der Waals surface area contributed by atoms with Crippen LogP contribution in [0.1, 0.15) is 16.7 Å². The number of carbonyl (C=O) groups is 1. The van der Waals surface area contributed by atoms with Gasteiger partial charge in [0.25, 0.3) is 5.91 Å². The molecule has 0 spiro atoms. The molecule has 2 rings (SSSR count). The Morgan fingerprint density at radius 3 is 2.44 bits per heavy atom. The van der Waals surface area contributed by atoms with E-state index in [1.807, 2.05) is 13.0 Å². The summed E-state index contributed by atoms with van der Waals surface area (Å²) in [6, 6.07) is 12.1. The predicted octanol–water partition coefficient (Wildman–Crippen LogP) is 2.13. The van der Waals surface area contributed by atoms with Crippen molar-refractivity contribution in [2.24, 2.45) is 5.14 Å². The van der Waals surface area contributed by atoms with Crippen molar-refractivity contribution in [1.82, 2.24) is 5.32 Å². The molecule has 0 aliphatic heterocycles. The Kier molecular flexibility index (Phi) is 6.41. The van der Waals surface area contributed by atoms with Crippen LogP contribution in [0.4, 0.5) is 0 Å². The number of ether oxygens (including phenoxy) is 1. The molecule has 134 valence electrons. The first kappa shape index (κ1) is 19.2. The minimum atomic E-state index is -3.55.